The SMILES string of the molecule is CC1CCCCCN1S(=O)(=O)c1c(Br)nnn1C. The molecule has 0 N–H and O–H groups in total. The number of rotatable bonds is 2. The molecule has 0 amide bonds. The third-order valence-electron chi connectivity index (χ3n) is 3.28. The maximum absolute atomic E-state index is 12.6. The number of nitrogens with zero attached hydrogens (tertiary/aromatic N) is 4. The number of hydrogen-bond donors (Lipinski definition) is 0. The van der Waals surface area contributed by atoms with E-state index in [0.29, 0.717) is 6.54 Å². The van der Waals surface area contributed by atoms with Gasteiger partial charge in [-0.05, 0) is 35.7 Å². The Morgan fingerprint density at radius 2 is 2.06 bits per heavy atom. The second-order valence-electron chi connectivity index (χ2n) is 4.62. The molecule has 1 aliphatic rings. The summed E-state index contributed by atoms with van der Waals surface area (Å²) in [6, 6.07) is 0.0271. The first-order valence-electron chi connectivity index (χ1n) is 6.01. The second-order valence-corrected chi connectivity index (χ2v) is 7.18. The minimum atomic E-state index is -3.53. The van der Waals surface area contributed by atoms with Gasteiger partial charge in [0.15, 0.2) is 4.60 Å². The zero-order valence-electron chi connectivity index (χ0n) is 10.5. The largest absolute Gasteiger partial charge is 0.263 e. The van der Waals surface area contributed by atoms with E-state index in [9.17, 15) is 8.42 Å². The van der Waals surface area contributed by atoms with Crippen LogP contribution in [0.4, 0.5) is 0 Å². The molecule has 6 nitrogen and oxygen atoms in total. The van der Waals surface area contributed by atoms with E-state index >= 15 is 0 Å². The average molecular weight is 337 g/mol. The van der Waals surface area contributed by atoms with Crippen LogP contribution in [0.1, 0.15) is 32.6 Å². The Bertz CT molecular complexity index is 508. The first-order chi connectivity index (χ1) is 8.44. The summed E-state index contributed by atoms with van der Waals surface area (Å²) in [5.74, 6) is 0. The molecule has 1 aliphatic heterocycles. The van der Waals surface area contributed by atoms with Gasteiger partial charge in [0.25, 0.3) is 10.0 Å². The molecular weight excluding hydrogens is 320 g/mol. The Labute approximate surface area is 116 Å². The summed E-state index contributed by atoms with van der Waals surface area (Å²) in [5.41, 5.74) is 0. The van der Waals surface area contributed by atoms with Crippen molar-refractivity contribution in [1.29, 1.82) is 0 Å². The van der Waals surface area contributed by atoms with E-state index < -0.39 is 10.0 Å². The van der Waals surface area contributed by atoms with Crippen molar-refractivity contribution in [3.8, 4) is 0 Å². The third-order valence-corrected chi connectivity index (χ3v) is 6.18. The predicted octanol–water partition coefficient (Wildman–Crippen LogP) is 1.53. The van der Waals surface area contributed by atoms with E-state index in [1.54, 1.807) is 11.4 Å². The quantitative estimate of drug-likeness (QED) is 0.821. The van der Waals surface area contributed by atoms with Crippen LogP contribution in [0.15, 0.2) is 9.63 Å². The minimum absolute atomic E-state index is 0.0271. The number of hydrogen-bond acceptors (Lipinski definition) is 4. The molecule has 0 spiro atoms. The summed E-state index contributed by atoms with van der Waals surface area (Å²) < 4.78 is 28.5. The maximum Gasteiger partial charge on any atom is 0.263 e. The highest BCUT2D eigenvalue weighted by Gasteiger charge is 2.34. The molecule has 0 saturated carbocycles. The fourth-order valence-electron chi connectivity index (χ4n) is 2.31. The van der Waals surface area contributed by atoms with Gasteiger partial charge in [-0.15, -0.1) is 5.10 Å². The molecule has 1 saturated heterocycles. The van der Waals surface area contributed by atoms with Crippen molar-refractivity contribution in [1.82, 2.24) is 19.3 Å². The highest BCUT2D eigenvalue weighted by atomic mass is 79.9. The summed E-state index contributed by atoms with van der Waals surface area (Å²) in [6.07, 6.45) is 3.98. The summed E-state index contributed by atoms with van der Waals surface area (Å²) >= 11 is 3.16. The molecule has 1 unspecified atom stereocenters. The molecule has 2 heterocycles. The molecule has 0 bridgehead atoms. The van der Waals surface area contributed by atoms with Crippen molar-refractivity contribution in [2.45, 2.75) is 43.7 Å². The van der Waals surface area contributed by atoms with Gasteiger partial charge in [-0.2, -0.15) is 4.31 Å². The van der Waals surface area contributed by atoms with Crippen LogP contribution < -0.4 is 0 Å². The van der Waals surface area contributed by atoms with Crippen LogP contribution in [0, 0.1) is 0 Å². The monoisotopic (exact) mass is 336 g/mol. The smallest absolute Gasteiger partial charge is 0.235 e. The molecule has 1 atom stereocenters. The van der Waals surface area contributed by atoms with Crippen LogP contribution in [-0.4, -0.2) is 40.3 Å². The Morgan fingerprint density at radius 3 is 2.67 bits per heavy atom. The molecule has 0 aliphatic carbocycles. The van der Waals surface area contributed by atoms with Crippen LogP contribution in [0.3, 0.4) is 0 Å². The standard InChI is InChI=1S/C10H17BrN4O2S/c1-8-6-4-3-5-7-15(8)18(16,17)10-9(11)12-13-14(10)2/h8H,3-7H2,1-2H3. The lowest BCUT2D eigenvalue weighted by molar-refractivity contribution is 0.338. The normalized spacial score (nSPS) is 22.9. The summed E-state index contributed by atoms with van der Waals surface area (Å²) in [6.45, 7) is 2.53. The Hall–Kier alpha value is -0.470. The number of sulfonamides is 1. The van der Waals surface area contributed by atoms with Crippen LogP contribution >= 0.6 is 15.9 Å². The van der Waals surface area contributed by atoms with E-state index in [-0.39, 0.29) is 15.7 Å². The van der Waals surface area contributed by atoms with E-state index in [1.807, 2.05) is 6.92 Å². The first-order valence-corrected chi connectivity index (χ1v) is 8.25. The van der Waals surface area contributed by atoms with Crippen LogP contribution in [0.2, 0.25) is 0 Å². The number of aromatic nitrogens is 3. The lowest BCUT2D eigenvalue weighted by Crippen LogP contribution is -2.39. The first kappa shape index (κ1) is 14.0. The van der Waals surface area contributed by atoms with Crippen molar-refractivity contribution >= 4 is 26.0 Å². The maximum atomic E-state index is 12.6. The van der Waals surface area contributed by atoms with Gasteiger partial charge < -0.3 is 0 Å². The van der Waals surface area contributed by atoms with Gasteiger partial charge in [-0.1, -0.05) is 18.1 Å². The molecule has 1 aromatic rings. The van der Waals surface area contributed by atoms with Crippen LogP contribution in [0.5, 0.6) is 0 Å². The summed E-state index contributed by atoms with van der Waals surface area (Å²) in [7, 11) is -1.94. The van der Waals surface area contributed by atoms with Crippen LogP contribution in [-0.2, 0) is 17.1 Å². The predicted molar refractivity (Wildman–Crippen MR) is 70.5 cm³/mol. The molecule has 0 aromatic carbocycles. The molecule has 18 heavy (non-hydrogen) atoms. The van der Waals surface area contributed by atoms with Gasteiger partial charge in [-0.25, -0.2) is 13.1 Å². The van der Waals surface area contributed by atoms with Crippen molar-refractivity contribution in [2.75, 3.05) is 6.54 Å². The molecule has 1 fully saturated rings. The fraction of sp³-hybridized carbons (Fsp3) is 0.800. The van der Waals surface area contributed by atoms with E-state index in [1.165, 1.54) is 4.68 Å². The third kappa shape index (κ3) is 2.46. The lowest BCUT2D eigenvalue weighted by atomic mass is 10.1. The van der Waals surface area contributed by atoms with Gasteiger partial charge in [-0.3, -0.25) is 0 Å². The Morgan fingerprint density at radius 1 is 1.33 bits per heavy atom. The second kappa shape index (κ2) is 5.26. The van der Waals surface area contributed by atoms with E-state index in [4.69, 9.17) is 0 Å². The Kier molecular flexibility index (Phi) is 4.08. The zero-order chi connectivity index (χ0) is 13.3. The molecular formula is C10H17BrN4O2S. The van der Waals surface area contributed by atoms with Gasteiger partial charge in [0, 0.05) is 19.6 Å². The van der Waals surface area contributed by atoms with Gasteiger partial charge in [0.05, 0.1) is 0 Å². The number of aryl methyl sites for hydroxylation is 1. The van der Waals surface area contributed by atoms with Crippen molar-refractivity contribution in [2.24, 2.45) is 7.05 Å². The van der Waals surface area contributed by atoms with Crippen molar-refractivity contribution < 1.29 is 8.42 Å². The van der Waals surface area contributed by atoms with E-state index in [0.717, 1.165) is 25.7 Å². The summed E-state index contributed by atoms with van der Waals surface area (Å²) in [5, 5.41) is 7.62. The van der Waals surface area contributed by atoms with Gasteiger partial charge in [0.1, 0.15) is 0 Å². The fourth-order valence-corrected chi connectivity index (χ4v) is 5.05. The van der Waals surface area contributed by atoms with E-state index in [2.05, 4.69) is 26.2 Å². The van der Waals surface area contributed by atoms with Gasteiger partial charge >= 0.3 is 0 Å². The van der Waals surface area contributed by atoms with Crippen molar-refractivity contribution in [3.63, 3.8) is 0 Å². The van der Waals surface area contributed by atoms with Crippen LogP contribution in [0.25, 0.3) is 0 Å². The summed E-state index contributed by atoms with van der Waals surface area (Å²) in [4.78, 5) is 0. The van der Waals surface area contributed by atoms with Crippen molar-refractivity contribution in [3.05, 3.63) is 4.60 Å². The molecule has 2 rings (SSSR count). The number of halogens is 1. The Balaban J connectivity index is 2.41. The highest BCUT2D eigenvalue weighted by Crippen LogP contribution is 2.27. The minimum Gasteiger partial charge on any atom is -0.235 e. The zero-order valence-corrected chi connectivity index (χ0v) is 12.9. The van der Waals surface area contributed by atoms with Gasteiger partial charge in [0.2, 0.25) is 5.03 Å². The molecule has 1 aromatic heterocycles. The average Bonchev–Trinajstić information content (AvgIpc) is 2.50. The lowest BCUT2D eigenvalue weighted by Gasteiger charge is -2.25. The molecule has 102 valence electrons. The topological polar surface area (TPSA) is 68.1 Å². The highest BCUT2D eigenvalue weighted by molar-refractivity contribution is 9.10. The molecule has 0 radical (unpaired) electrons. The molecule has 8 heteroatoms.